The lowest BCUT2D eigenvalue weighted by Gasteiger charge is -2.36. The SMILES string of the molecule is Nc1c(N2CCN(Cc3ccccc3)CC2)ncnc1N(Cc1ccccc1)c1ccccn1. The number of piperazine rings is 1. The zero-order chi connectivity index (χ0) is 23.2. The van der Waals surface area contributed by atoms with Crippen molar-refractivity contribution in [3.63, 3.8) is 0 Å². The Hall–Kier alpha value is -3.97. The highest BCUT2D eigenvalue weighted by molar-refractivity contribution is 5.79. The van der Waals surface area contributed by atoms with E-state index in [0.29, 0.717) is 18.1 Å². The van der Waals surface area contributed by atoms with E-state index in [9.17, 15) is 0 Å². The summed E-state index contributed by atoms with van der Waals surface area (Å²) >= 11 is 0. The first-order chi connectivity index (χ1) is 16.8. The van der Waals surface area contributed by atoms with Gasteiger partial charge in [-0.15, -0.1) is 0 Å². The molecule has 2 aromatic heterocycles. The molecule has 1 fully saturated rings. The lowest BCUT2D eigenvalue weighted by atomic mass is 10.2. The Morgan fingerprint density at radius 1 is 0.735 bits per heavy atom. The Kier molecular flexibility index (Phi) is 6.63. The van der Waals surface area contributed by atoms with Crippen LogP contribution in [-0.2, 0) is 13.1 Å². The summed E-state index contributed by atoms with van der Waals surface area (Å²) in [6.45, 7) is 5.24. The van der Waals surface area contributed by atoms with Gasteiger partial charge in [-0.2, -0.15) is 0 Å². The van der Waals surface area contributed by atoms with E-state index in [2.05, 4.69) is 72.1 Å². The first kappa shape index (κ1) is 21.9. The number of nitrogen functional groups attached to an aromatic ring is 1. The third kappa shape index (κ3) is 5.00. The number of anilines is 4. The highest BCUT2D eigenvalue weighted by Gasteiger charge is 2.24. The minimum Gasteiger partial charge on any atom is -0.393 e. The van der Waals surface area contributed by atoms with Crippen molar-refractivity contribution >= 4 is 23.1 Å². The summed E-state index contributed by atoms with van der Waals surface area (Å²) in [5.74, 6) is 2.27. The third-order valence-electron chi connectivity index (χ3n) is 6.13. The Morgan fingerprint density at radius 3 is 2.09 bits per heavy atom. The zero-order valence-corrected chi connectivity index (χ0v) is 19.2. The summed E-state index contributed by atoms with van der Waals surface area (Å²) in [7, 11) is 0. The molecule has 5 rings (SSSR count). The molecule has 1 aliphatic rings. The largest absolute Gasteiger partial charge is 0.393 e. The Bertz CT molecular complexity index is 1180. The summed E-state index contributed by atoms with van der Waals surface area (Å²) in [5, 5.41) is 0. The second-order valence-electron chi connectivity index (χ2n) is 8.44. The van der Waals surface area contributed by atoms with Gasteiger partial charge in [0.25, 0.3) is 0 Å². The summed E-state index contributed by atoms with van der Waals surface area (Å²) < 4.78 is 0. The fourth-order valence-corrected chi connectivity index (χ4v) is 4.35. The van der Waals surface area contributed by atoms with E-state index < -0.39 is 0 Å². The van der Waals surface area contributed by atoms with Crippen LogP contribution < -0.4 is 15.5 Å². The Balaban J connectivity index is 1.36. The summed E-state index contributed by atoms with van der Waals surface area (Å²) in [5.41, 5.74) is 9.79. The van der Waals surface area contributed by atoms with E-state index >= 15 is 0 Å². The second kappa shape index (κ2) is 10.3. The van der Waals surface area contributed by atoms with E-state index in [1.165, 1.54) is 5.56 Å². The van der Waals surface area contributed by atoms with Gasteiger partial charge in [-0.25, -0.2) is 15.0 Å². The van der Waals surface area contributed by atoms with E-state index in [1.54, 1.807) is 12.5 Å². The molecule has 0 aliphatic carbocycles. The fourth-order valence-electron chi connectivity index (χ4n) is 4.35. The molecule has 7 heteroatoms. The van der Waals surface area contributed by atoms with Crippen molar-refractivity contribution in [2.24, 2.45) is 0 Å². The third-order valence-corrected chi connectivity index (χ3v) is 6.13. The molecule has 1 saturated heterocycles. The minimum atomic E-state index is 0.584. The predicted molar refractivity (Wildman–Crippen MR) is 137 cm³/mol. The number of nitrogens with two attached hydrogens (primary N) is 1. The van der Waals surface area contributed by atoms with Gasteiger partial charge in [0.15, 0.2) is 11.6 Å². The van der Waals surface area contributed by atoms with Crippen LogP contribution in [0.25, 0.3) is 0 Å². The molecular formula is C27H29N7. The van der Waals surface area contributed by atoms with Gasteiger partial charge in [0.1, 0.15) is 17.8 Å². The molecule has 0 spiro atoms. The smallest absolute Gasteiger partial charge is 0.163 e. The number of hydrogen-bond donors (Lipinski definition) is 1. The molecule has 0 atom stereocenters. The normalized spacial score (nSPS) is 14.2. The van der Waals surface area contributed by atoms with Crippen molar-refractivity contribution in [2.75, 3.05) is 41.7 Å². The fraction of sp³-hybridized carbons (Fsp3) is 0.222. The average Bonchev–Trinajstić information content (AvgIpc) is 2.90. The number of rotatable bonds is 7. The molecule has 1 aliphatic heterocycles. The molecule has 3 heterocycles. The highest BCUT2D eigenvalue weighted by atomic mass is 15.3. The second-order valence-corrected chi connectivity index (χ2v) is 8.44. The van der Waals surface area contributed by atoms with Crippen molar-refractivity contribution in [1.82, 2.24) is 19.9 Å². The number of nitrogens with zero attached hydrogens (tertiary/aromatic N) is 6. The number of pyridine rings is 1. The first-order valence-electron chi connectivity index (χ1n) is 11.6. The molecule has 2 N–H and O–H groups in total. The molecule has 172 valence electrons. The number of aromatic nitrogens is 3. The standard InChI is InChI=1S/C27H29N7/c28-25-26(33-17-15-32(16-18-33)19-22-9-3-1-4-10-22)30-21-31-27(25)34(24-13-7-8-14-29-24)20-23-11-5-2-6-12-23/h1-14,21H,15-20,28H2. The van der Waals surface area contributed by atoms with Gasteiger partial charge in [-0.3, -0.25) is 4.90 Å². The molecule has 0 saturated carbocycles. The monoisotopic (exact) mass is 451 g/mol. The van der Waals surface area contributed by atoms with Crippen molar-refractivity contribution in [3.8, 4) is 0 Å². The first-order valence-corrected chi connectivity index (χ1v) is 11.6. The van der Waals surface area contributed by atoms with Crippen LogP contribution >= 0.6 is 0 Å². The van der Waals surface area contributed by atoms with Gasteiger partial charge in [0.2, 0.25) is 0 Å². The van der Waals surface area contributed by atoms with Crippen molar-refractivity contribution in [3.05, 3.63) is 103 Å². The van der Waals surface area contributed by atoms with Crippen LogP contribution in [0.3, 0.4) is 0 Å². The summed E-state index contributed by atoms with van der Waals surface area (Å²) in [6.07, 6.45) is 3.40. The zero-order valence-electron chi connectivity index (χ0n) is 19.2. The van der Waals surface area contributed by atoms with E-state index in [4.69, 9.17) is 5.73 Å². The lowest BCUT2D eigenvalue weighted by Crippen LogP contribution is -2.46. The van der Waals surface area contributed by atoms with Crippen molar-refractivity contribution in [1.29, 1.82) is 0 Å². The molecule has 2 aromatic carbocycles. The molecule has 7 nitrogen and oxygen atoms in total. The van der Waals surface area contributed by atoms with Crippen molar-refractivity contribution in [2.45, 2.75) is 13.1 Å². The molecule has 0 bridgehead atoms. The van der Waals surface area contributed by atoms with E-state index in [-0.39, 0.29) is 0 Å². The van der Waals surface area contributed by atoms with Gasteiger partial charge in [0.05, 0.1) is 6.54 Å². The molecule has 0 amide bonds. The number of hydrogen-bond acceptors (Lipinski definition) is 7. The molecular weight excluding hydrogens is 422 g/mol. The minimum absolute atomic E-state index is 0.584. The maximum Gasteiger partial charge on any atom is 0.163 e. The maximum absolute atomic E-state index is 6.71. The van der Waals surface area contributed by atoms with Crippen LogP contribution in [-0.4, -0.2) is 46.0 Å². The van der Waals surface area contributed by atoms with Crippen LogP contribution in [0.1, 0.15) is 11.1 Å². The average molecular weight is 452 g/mol. The highest BCUT2D eigenvalue weighted by Crippen LogP contribution is 2.34. The van der Waals surface area contributed by atoms with Crippen LogP contribution in [0.4, 0.5) is 23.1 Å². The van der Waals surface area contributed by atoms with Crippen LogP contribution in [0, 0.1) is 0 Å². The Morgan fingerprint density at radius 2 is 1.41 bits per heavy atom. The molecule has 0 radical (unpaired) electrons. The van der Waals surface area contributed by atoms with E-state index in [0.717, 1.165) is 49.9 Å². The van der Waals surface area contributed by atoms with Crippen LogP contribution in [0.15, 0.2) is 91.4 Å². The van der Waals surface area contributed by atoms with E-state index in [1.807, 2.05) is 36.4 Å². The topological polar surface area (TPSA) is 74.4 Å². The van der Waals surface area contributed by atoms with Gasteiger partial charge in [0, 0.05) is 38.9 Å². The predicted octanol–water partition coefficient (Wildman–Crippen LogP) is 4.11. The Labute approximate surface area is 200 Å². The quantitative estimate of drug-likeness (QED) is 0.453. The molecule has 4 aromatic rings. The molecule has 34 heavy (non-hydrogen) atoms. The lowest BCUT2D eigenvalue weighted by molar-refractivity contribution is 0.249. The van der Waals surface area contributed by atoms with Gasteiger partial charge in [-0.1, -0.05) is 66.7 Å². The van der Waals surface area contributed by atoms with Crippen LogP contribution in [0.2, 0.25) is 0 Å². The summed E-state index contributed by atoms with van der Waals surface area (Å²) in [6, 6.07) is 26.8. The van der Waals surface area contributed by atoms with Crippen molar-refractivity contribution < 1.29 is 0 Å². The maximum atomic E-state index is 6.71. The molecule has 0 unspecified atom stereocenters. The summed E-state index contributed by atoms with van der Waals surface area (Å²) in [4.78, 5) is 20.5. The van der Waals surface area contributed by atoms with Gasteiger partial charge >= 0.3 is 0 Å². The van der Waals surface area contributed by atoms with Gasteiger partial charge < -0.3 is 15.5 Å². The number of benzene rings is 2. The van der Waals surface area contributed by atoms with Crippen LogP contribution in [0.5, 0.6) is 0 Å². The van der Waals surface area contributed by atoms with Gasteiger partial charge in [-0.05, 0) is 23.3 Å².